The number of phenolic OH excluding ortho intramolecular Hbond substituents is 1. The van der Waals surface area contributed by atoms with Gasteiger partial charge >= 0.3 is 0 Å². The molecule has 2 rings (SSSR count). The van der Waals surface area contributed by atoms with Gasteiger partial charge in [-0.2, -0.15) is 0 Å². The molecule has 0 aromatic heterocycles. The lowest BCUT2D eigenvalue weighted by atomic mass is 9.70. The summed E-state index contributed by atoms with van der Waals surface area (Å²) in [6, 6.07) is 7.76. The molecule has 2 heteroatoms. The molecule has 1 aliphatic rings. The molecule has 1 aliphatic carbocycles. The molecule has 0 radical (unpaired) electrons. The maximum absolute atomic E-state index is 9.67. The lowest BCUT2D eigenvalue weighted by molar-refractivity contribution is 0.0683. The molecule has 1 saturated carbocycles. The van der Waals surface area contributed by atoms with E-state index < -0.39 is 0 Å². The fourth-order valence-corrected chi connectivity index (χ4v) is 3.67. The van der Waals surface area contributed by atoms with E-state index in [1.165, 1.54) is 31.2 Å². The van der Waals surface area contributed by atoms with Crippen molar-refractivity contribution in [2.24, 2.45) is 11.8 Å². The highest BCUT2D eigenvalue weighted by molar-refractivity contribution is 5.28. The first-order valence-electron chi connectivity index (χ1n) is 7.88. The van der Waals surface area contributed by atoms with E-state index >= 15 is 0 Å². The van der Waals surface area contributed by atoms with Crippen molar-refractivity contribution < 1.29 is 5.11 Å². The number of rotatable bonds is 4. The predicted molar refractivity (Wildman–Crippen MR) is 85.0 cm³/mol. The Morgan fingerprint density at radius 2 is 1.90 bits per heavy atom. The third-order valence-corrected chi connectivity index (χ3v) is 5.30. The largest absolute Gasteiger partial charge is 0.508 e. The van der Waals surface area contributed by atoms with Crippen molar-refractivity contribution in [3.8, 4) is 5.75 Å². The van der Waals surface area contributed by atoms with Gasteiger partial charge in [0.15, 0.2) is 0 Å². The van der Waals surface area contributed by atoms with Crippen molar-refractivity contribution in [1.29, 1.82) is 0 Å². The van der Waals surface area contributed by atoms with Gasteiger partial charge in [-0.05, 0) is 75.7 Å². The summed E-state index contributed by atoms with van der Waals surface area (Å²) in [5.41, 5.74) is 1.51. The Bertz CT molecular complexity index is 431. The summed E-state index contributed by atoms with van der Waals surface area (Å²) in [6.07, 6.45) is 6.22. The average Bonchev–Trinajstić information content (AvgIpc) is 2.39. The van der Waals surface area contributed by atoms with Gasteiger partial charge in [-0.25, -0.2) is 0 Å². The second kappa shape index (κ2) is 6.17. The number of hydrogen-bond donors (Lipinski definition) is 1. The van der Waals surface area contributed by atoms with Gasteiger partial charge in [0.2, 0.25) is 0 Å². The summed E-state index contributed by atoms with van der Waals surface area (Å²) in [5, 5.41) is 9.67. The van der Waals surface area contributed by atoms with Crippen LogP contribution >= 0.6 is 0 Å². The summed E-state index contributed by atoms with van der Waals surface area (Å²) < 4.78 is 0. The molecule has 1 fully saturated rings. The van der Waals surface area contributed by atoms with Gasteiger partial charge in [0.25, 0.3) is 0 Å². The molecule has 1 N–H and O–H groups in total. The number of hydrogen-bond acceptors (Lipinski definition) is 2. The Morgan fingerprint density at radius 3 is 2.40 bits per heavy atom. The third-order valence-electron chi connectivity index (χ3n) is 5.30. The summed E-state index contributed by atoms with van der Waals surface area (Å²) in [6.45, 7) is 4.70. The summed E-state index contributed by atoms with van der Waals surface area (Å²) >= 11 is 0. The van der Waals surface area contributed by atoms with Crippen molar-refractivity contribution in [3.63, 3.8) is 0 Å². The smallest absolute Gasteiger partial charge is 0.115 e. The Kier molecular flexibility index (Phi) is 4.74. The van der Waals surface area contributed by atoms with Crippen molar-refractivity contribution in [1.82, 2.24) is 4.90 Å². The van der Waals surface area contributed by atoms with Crippen LogP contribution in [0.3, 0.4) is 0 Å². The highest BCUT2D eigenvalue weighted by atomic mass is 16.3. The first-order valence-corrected chi connectivity index (χ1v) is 7.88. The second-order valence-electron chi connectivity index (χ2n) is 7.05. The minimum Gasteiger partial charge on any atom is -0.508 e. The van der Waals surface area contributed by atoms with Crippen LogP contribution in [0.15, 0.2) is 24.3 Å². The van der Waals surface area contributed by atoms with Crippen molar-refractivity contribution in [2.75, 3.05) is 14.1 Å². The highest BCUT2D eigenvalue weighted by Gasteiger charge is 2.37. The number of benzene rings is 1. The van der Waals surface area contributed by atoms with Crippen LogP contribution < -0.4 is 0 Å². The van der Waals surface area contributed by atoms with E-state index in [9.17, 15) is 5.11 Å². The van der Waals surface area contributed by atoms with E-state index in [1.807, 2.05) is 12.1 Å². The normalized spacial score (nSPS) is 27.2. The van der Waals surface area contributed by atoms with Crippen LogP contribution in [0.1, 0.15) is 45.1 Å². The van der Waals surface area contributed by atoms with Crippen molar-refractivity contribution >= 4 is 0 Å². The molecule has 0 amide bonds. The SMILES string of the molecule is CC(C)C1CCC(Cc2cccc(O)c2)(N(C)C)CC1. The van der Waals surface area contributed by atoms with E-state index in [4.69, 9.17) is 0 Å². The van der Waals surface area contributed by atoms with Gasteiger partial charge < -0.3 is 10.0 Å². The van der Waals surface area contributed by atoms with Crippen LogP contribution in [-0.2, 0) is 6.42 Å². The molecule has 0 unspecified atom stereocenters. The fraction of sp³-hybridized carbons (Fsp3) is 0.667. The number of nitrogens with zero attached hydrogens (tertiary/aromatic N) is 1. The van der Waals surface area contributed by atoms with E-state index in [1.54, 1.807) is 6.07 Å². The van der Waals surface area contributed by atoms with Gasteiger partial charge in [-0.3, -0.25) is 0 Å². The molecule has 1 aromatic carbocycles. The molecule has 0 saturated heterocycles. The zero-order valence-corrected chi connectivity index (χ0v) is 13.4. The highest BCUT2D eigenvalue weighted by Crippen LogP contribution is 2.40. The lowest BCUT2D eigenvalue weighted by Crippen LogP contribution is -2.49. The Balaban J connectivity index is 2.12. The van der Waals surface area contributed by atoms with Crippen molar-refractivity contribution in [2.45, 2.75) is 51.5 Å². The Labute approximate surface area is 123 Å². The predicted octanol–water partition coefficient (Wildman–Crippen LogP) is 4.08. The molecule has 20 heavy (non-hydrogen) atoms. The molecule has 1 aromatic rings. The van der Waals surface area contributed by atoms with Crippen LogP contribution in [0.2, 0.25) is 0 Å². The maximum Gasteiger partial charge on any atom is 0.115 e. The standard InChI is InChI=1S/C18H29NO/c1-14(2)16-8-10-18(11-9-16,19(3)4)13-15-6-5-7-17(20)12-15/h5-7,12,14,16,20H,8-11,13H2,1-4H3. The minimum atomic E-state index is 0.263. The second-order valence-corrected chi connectivity index (χ2v) is 7.05. The number of aromatic hydroxyl groups is 1. The molecule has 0 spiro atoms. The summed E-state index contributed by atoms with van der Waals surface area (Å²) in [5.74, 6) is 2.07. The summed E-state index contributed by atoms with van der Waals surface area (Å²) in [7, 11) is 4.41. The van der Waals surface area contributed by atoms with Crippen LogP contribution in [0.4, 0.5) is 0 Å². The molecule has 0 aliphatic heterocycles. The average molecular weight is 275 g/mol. The van der Waals surface area contributed by atoms with Crippen LogP contribution in [0, 0.1) is 11.8 Å². The van der Waals surface area contributed by atoms with E-state index in [2.05, 4.69) is 38.9 Å². The number of phenols is 1. The van der Waals surface area contributed by atoms with Gasteiger partial charge in [-0.1, -0.05) is 26.0 Å². The first-order chi connectivity index (χ1) is 9.43. The molecule has 0 atom stereocenters. The molecule has 0 bridgehead atoms. The number of likely N-dealkylation sites (N-methyl/N-ethyl adjacent to an activating group) is 1. The molecule has 2 nitrogen and oxygen atoms in total. The van der Waals surface area contributed by atoms with Gasteiger partial charge in [-0.15, -0.1) is 0 Å². The minimum absolute atomic E-state index is 0.263. The van der Waals surface area contributed by atoms with E-state index in [0.29, 0.717) is 5.75 Å². The Morgan fingerprint density at radius 1 is 1.25 bits per heavy atom. The van der Waals surface area contributed by atoms with E-state index in [-0.39, 0.29) is 5.54 Å². The molecule has 0 heterocycles. The molecular formula is C18H29NO. The molecular weight excluding hydrogens is 246 g/mol. The van der Waals surface area contributed by atoms with Crippen molar-refractivity contribution in [3.05, 3.63) is 29.8 Å². The maximum atomic E-state index is 9.67. The topological polar surface area (TPSA) is 23.5 Å². The zero-order chi connectivity index (χ0) is 14.8. The first kappa shape index (κ1) is 15.4. The molecule has 112 valence electrons. The summed E-state index contributed by atoms with van der Waals surface area (Å²) in [4.78, 5) is 2.41. The Hall–Kier alpha value is -1.02. The van der Waals surface area contributed by atoms with E-state index in [0.717, 1.165) is 18.3 Å². The van der Waals surface area contributed by atoms with Gasteiger partial charge in [0, 0.05) is 5.54 Å². The monoisotopic (exact) mass is 275 g/mol. The van der Waals surface area contributed by atoms with Crippen LogP contribution in [0.25, 0.3) is 0 Å². The lowest BCUT2D eigenvalue weighted by Gasteiger charge is -2.46. The van der Waals surface area contributed by atoms with Gasteiger partial charge in [0.1, 0.15) is 5.75 Å². The quantitative estimate of drug-likeness (QED) is 0.895. The van der Waals surface area contributed by atoms with Crippen LogP contribution in [-0.4, -0.2) is 29.6 Å². The third kappa shape index (κ3) is 3.35. The van der Waals surface area contributed by atoms with Crippen LogP contribution in [0.5, 0.6) is 5.75 Å². The van der Waals surface area contributed by atoms with Gasteiger partial charge in [0.05, 0.1) is 0 Å². The zero-order valence-electron chi connectivity index (χ0n) is 13.4. The fourth-order valence-electron chi connectivity index (χ4n) is 3.67.